The lowest BCUT2D eigenvalue weighted by Crippen LogP contribution is -2.24. The zero-order valence-corrected chi connectivity index (χ0v) is 12.3. The molecule has 0 amide bonds. The fourth-order valence-electron chi connectivity index (χ4n) is 2.00. The fraction of sp³-hybridized carbons (Fsp3) is 0.333. The first-order chi connectivity index (χ1) is 9.63. The van der Waals surface area contributed by atoms with Crippen molar-refractivity contribution in [1.82, 2.24) is 4.72 Å². The molecule has 0 aliphatic rings. The molecule has 0 spiro atoms. The number of unbranched alkanes of at least 4 members (excludes halogenated alkanes) is 1. The lowest BCUT2D eigenvalue weighted by molar-refractivity contribution is 0.193. The minimum atomic E-state index is -3.43. The smallest absolute Gasteiger partial charge is 0.240 e. The third kappa shape index (κ3) is 3.79. The van der Waals surface area contributed by atoms with Gasteiger partial charge in [-0.2, -0.15) is 0 Å². The van der Waals surface area contributed by atoms with Crippen LogP contribution < -0.4 is 4.72 Å². The van der Waals surface area contributed by atoms with Gasteiger partial charge in [0.15, 0.2) is 0 Å². The summed E-state index contributed by atoms with van der Waals surface area (Å²) in [5, 5.41) is 1.96. The van der Waals surface area contributed by atoms with E-state index < -0.39 is 10.0 Å². The molecule has 0 saturated carbocycles. The van der Waals surface area contributed by atoms with Crippen molar-refractivity contribution in [1.29, 1.82) is 0 Å². The summed E-state index contributed by atoms with van der Waals surface area (Å²) in [6.07, 6.45) is 1.61. The van der Waals surface area contributed by atoms with Gasteiger partial charge in [0.2, 0.25) is 10.0 Å². The molecule has 2 aromatic carbocycles. The van der Waals surface area contributed by atoms with Crippen molar-refractivity contribution in [3.63, 3.8) is 0 Å². The molecular formula is C15H19NO3S. The highest BCUT2D eigenvalue weighted by atomic mass is 32.2. The summed E-state index contributed by atoms with van der Waals surface area (Å²) in [5.74, 6) is 0. The van der Waals surface area contributed by atoms with Gasteiger partial charge in [0.1, 0.15) is 0 Å². The van der Waals surface area contributed by atoms with E-state index in [-0.39, 0.29) is 0 Å². The maximum atomic E-state index is 12.2. The normalized spacial score (nSPS) is 11.8. The summed E-state index contributed by atoms with van der Waals surface area (Å²) in [4.78, 5) is 0.308. The number of methoxy groups -OCH3 is 1. The minimum Gasteiger partial charge on any atom is -0.385 e. The van der Waals surface area contributed by atoms with Crippen LogP contribution in [0.3, 0.4) is 0 Å². The molecule has 0 saturated heterocycles. The molecule has 4 nitrogen and oxygen atoms in total. The van der Waals surface area contributed by atoms with Gasteiger partial charge in [-0.1, -0.05) is 30.3 Å². The van der Waals surface area contributed by atoms with Crippen LogP contribution in [0.5, 0.6) is 0 Å². The topological polar surface area (TPSA) is 55.4 Å². The molecule has 0 atom stereocenters. The Labute approximate surface area is 119 Å². The van der Waals surface area contributed by atoms with Gasteiger partial charge < -0.3 is 4.74 Å². The van der Waals surface area contributed by atoms with Crippen molar-refractivity contribution in [2.24, 2.45) is 0 Å². The van der Waals surface area contributed by atoms with E-state index in [4.69, 9.17) is 4.74 Å². The van der Waals surface area contributed by atoms with E-state index in [2.05, 4.69) is 4.72 Å². The monoisotopic (exact) mass is 293 g/mol. The number of nitrogens with one attached hydrogen (secondary N) is 1. The predicted molar refractivity (Wildman–Crippen MR) is 80.2 cm³/mol. The van der Waals surface area contributed by atoms with E-state index in [1.807, 2.05) is 30.3 Å². The van der Waals surface area contributed by atoms with Crippen molar-refractivity contribution in [3.05, 3.63) is 42.5 Å². The number of ether oxygens (including phenoxy) is 1. The van der Waals surface area contributed by atoms with Crippen LogP contribution in [-0.4, -0.2) is 28.7 Å². The second-order valence-corrected chi connectivity index (χ2v) is 6.37. The summed E-state index contributed by atoms with van der Waals surface area (Å²) < 4.78 is 31.9. The molecule has 0 bridgehead atoms. The van der Waals surface area contributed by atoms with E-state index in [0.717, 1.165) is 23.6 Å². The first-order valence-corrected chi connectivity index (χ1v) is 8.09. The predicted octanol–water partition coefficient (Wildman–Crippen LogP) is 2.54. The molecule has 5 heteroatoms. The van der Waals surface area contributed by atoms with E-state index in [1.54, 1.807) is 19.2 Å². The third-order valence-corrected chi connectivity index (χ3v) is 4.56. The van der Waals surface area contributed by atoms with E-state index >= 15 is 0 Å². The molecule has 0 aliphatic heterocycles. The van der Waals surface area contributed by atoms with Crippen molar-refractivity contribution in [3.8, 4) is 0 Å². The standard InChI is InChI=1S/C15H19NO3S/c1-19-11-5-4-10-16-20(17,18)15-9-8-13-6-2-3-7-14(13)12-15/h2-3,6-9,12,16H,4-5,10-11H2,1H3. The van der Waals surface area contributed by atoms with E-state index in [1.165, 1.54) is 0 Å². The molecule has 0 radical (unpaired) electrons. The van der Waals surface area contributed by atoms with Crippen LogP contribution in [0, 0.1) is 0 Å². The van der Waals surface area contributed by atoms with Gasteiger partial charge in [-0.25, -0.2) is 13.1 Å². The summed E-state index contributed by atoms with van der Waals surface area (Å²) in [7, 11) is -1.79. The van der Waals surface area contributed by atoms with Gasteiger partial charge in [-0.05, 0) is 35.7 Å². The van der Waals surface area contributed by atoms with Crippen molar-refractivity contribution in [2.45, 2.75) is 17.7 Å². The average molecular weight is 293 g/mol. The van der Waals surface area contributed by atoms with Gasteiger partial charge in [0.05, 0.1) is 4.90 Å². The largest absolute Gasteiger partial charge is 0.385 e. The maximum Gasteiger partial charge on any atom is 0.240 e. The van der Waals surface area contributed by atoms with Crippen LogP contribution in [-0.2, 0) is 14.8 Å². The Kier molecular flexibility index (Phi) is 5.11. The zero-order chi connectivity index (χ0) is 14.4. The summed E-state index contributed by atoms with van der Waals surface area (Å²) in [6, 6.07) is 12.9. The lowest BCUT2D eigenvalue weighted by atomic mass is 10.1. The zero-order valence-electron chi connectivity index (χ0n) is 11.5. The molecule has 1 N–H and O–H groups in total. The lowest BCUT2D eigenvalue weighted by Gasteiger charge is -2.07. The van der Waals surface area contributed by atoms with Gasteiger partial charge in [-0.3, -0.25) is 0 Å². The molecule has 0 aromatic heterocycles. The Morgan fingerprint density at radius 1 is 1.05 bits per heavy atom. The SMILES string of the molecule is COCCCCNS(=O)(=O)c1ccc2ccccc2c1. The van der Waals surface area contributed by atoms with E-state index in [0.29, 0.717) is 18.0 Å². The highest BCUT2D eigenvalue weighted by molar-refractivity contribution is 7.89. The Balaban J connectivity index is 2.07. The van der Waals surface area contributed by atoms with Gasteiger partial charge in [-0.15, -0.1) is 0 Å². The molecule has 108 valence electrons. The van der Waals surface area contributed by atoms with Crippen LogP contribution in [0.15, 0.2) is 47.4 Å². The average Bonchev–Trinajstić information content (AvgIpc) is 2.46. The highest BCUT2D eigenvalue weighted by Gasteiger charge is 2.13. The third-order valence-electron chi connectivity index (χ3n) is 3.10. The van der Waals surface area contributed by atoms with E-state index in [9.17, 15) is 8.42 Å². The van der Waals surface area contributed by atoms with Crippen LogP contribution in [0.2, 0.25) is 0 Å². The Morgan fingerprint density at radius 3 is 2.55 bits per heavy atom. The number of benzene rings is 2. The van der Waals surface area contributed by atoms with Gasteiger partial charge in [0.25, 0.3) is 0 Å². The van der Waals surface area contributed by atoms with Crippen molar-refractivity contribution >= 4 is 20.8 Å². The Hall–Kier alpha value is -1.43. The molecule has 0 unspecified atom stereocenters. The van der Waals surface area contributed by atoms with Crippen molar-refractivity contribution in [2.75, 3.05) is 20.3 Å². The highest BCUT2D eigenvalue weighted by Crippen LogP contribution is 2.18. The van der Waals surface area contributed by atoms with Crippen LogP contribution >= 0.6 is 0 Å². The molecule has 0 heterocycles. The summed E-state index contributed by atoms with van der Waals surface area (Å²) in [6.45, 7) is 1.08. The number of sulfonamides is 1. The van der Waals surface area contributed by atoms with Crippen LogP contribution in [0.4, 0.5) is 0 Å². The molecule has 20 heavy (non-hydrogen) atoms. The molecular weight excluding hydrogens is 274 g/mol. The molecule has 0 aliphatic carbocycles. The molecule has 2 aromatic rings. The van der Waals surface area contributed by atoms with Gasteiger partial charge >= 0.3 is 0 Å². The number of rotatable bonds is 7. The first-order valence-electron chi connectivity index (χ1n) is 6.61. The number of hydrogen-bond acceptors (Lipinski definition) is 3. The van der Waals surface area contributed by atoms with Gasteiger partial charge in [0, 0.05) is 20.3 Å². The Morgan fingerprint density at radius 2 is 1.80 bits per heavy atom. The second kappa shape index (κ2) is 6.83. The molecule has 2 rings (SSSR count). The quantitative estimate of drug-likeness (QED) is 0.798. The van der Waals surface area contributed by atoms with Crippen molar-refractivity contribution < 1.29 is 13.2 Å². The minimum absolute atomic E-state index is 0.308. The molecule has 0 fully saturated rings. The number of fused-ring (bicyclic) bond motifs is 1. The van der Waals surface area contributed by atoms with Crippen LogP contribution in [0.1, 0.15) is 12.8 Å². The fourth-order valence-corrected chi connectivity index (χ4v) is 3.10. The summed E-state index contributed by atoms with van der Waals surface area (Å²) >= 11 is 0. The second-order valence-electron chi connectivity index (χ2n) is 4.61. The summed E-state index contributed by atoms with van der Waals surface area (Å²) in [5.41, 5.74) is 0. The number of hydrogen-bond donors (Lipinski definition) is 1. The van der Waals surface area contributed by atoms with Crippen LogP contribution in [0.25, 0.3) is 10.8 Å². The first kappa shape index (κ1) is 15.0. The Bertz CT molecular complexity index is 668. The maximum absolute atomic E-state index is 12.2.